The molecule has 6 heteroatoms. The second-order valence-electron chi connectivity index (χ2n) is 8.63. The minimum atomic E-state index is -1.06. The number of benzene rings is 1. The van der Waals surface area contributed by atoms with Crippen LogP contribution in [0.5, 0.6) is 0 Å². The monoisotopic (exact) mass is 441 g/mol. The Bertz CT molecular complexity index is 931. The van der Waals surface area contributed by atoms with Crippen LogP contribution in [0.2, 0.25) is 0 Å². The Kier molecular flexibility index (Phi) is 7.42. The highest BCUT2D eigenvalue weighted by atomic mass is 32.2. The third-order valence-corrected chi connectivity index (χ3v) is 7.15. The van der Waals surface area contributed by atoms with Crippen molar-refractivity contribution in [3.05, 3.63) is 53.5 Å². The van der Waals surface area contributed by atoms with Crippen molar-refractivity contribution in [1.82, 2.24) is 0 Å². The van der Waals surface area contributed by atoms with E-state index in [1.54, 1.807) is 6.08 Å². The summed E-state index contributed by atoms with van der Waals surface area (Å²) in [5.74, 6) is 0.981. The summed E-state index contributed by atoms with van der Waals surface area (Å²) in [4.78, 5) is 18.1. The average molecular weight is 442 g/mol. The molecule has 0 aromatic heterocycles. The molecular weight excluding hydrogens is 406 g/mol. The van der Waals surface area contributed by atoms with Gasteiger partial charge in [0.15, 0.2) is 0 Å². The maximum Gasteiger partial charge on any atom is 0.228 e. The molecule has 5 nitrogen and oxygen atoms in total. The molecule has 1 N–H and O–H groups in total. The van der Waals surface area contributed by atoms with Crippen molar-refractivity contribution >= 4 is 33.8 Å². The fourth-order valence-electron chi connectivity index (χ4n) is 4.22. The molecule has 1 saturated carbocycles. The van der Waals surface area contributed by atoms with Crippen LogP contribution in [0.25, 0.3) is 0 Å². The average Bonchev–Trinajstić information content (AvgIpc) is 3.54. The number of allylic oxidation sites excluding steroid dienone is 3. The number of carbonyl (C=O) groups excluding carboxylic acids is 1. The largest absolute Gasteiger partial charge is 0.352 e. The molecule has 0 saturated heterocycles. The van der Waals surface area contributed by atoms with Gasteiger partial charge in [0.05, 0.1) is 28.6 Å². The van der Waals surface area contributed by atoms with Crippen molar-refractivity contribution in [3.63, 3.8) is 0 Å². The number of nitrogens with one attached hydrogen (secondary N) is 1. The SMILES string of the molecule is C=C(/C=C\C(=C/C)CC(=O)Nc1ccc2c(c1)N(C)C(C(C)C)N2C1CC1)S(=O)CC. The van der Waals surface area contributed by atoms with E-state index in [1.807, 2.05) is 32.1 Å². The molecule has 0 bridgehead atoms. The van der Waals surface area contributed by atoms with Gasteiger partial charge in [-0.15, -0.1) is 0 Å². The summed E-state index contributed by atoms with van der Waals surface area (Å²) < 4.78 is 11.8. The van der Waals surface area contributed by atoms with E-state index >= 15 is 0 Å². The zero-order valence-corrected chi connectivity index (χ0v) is 20.2. The first-order chi connectivity index (χ1) is 14.8. The predicted octanol–water partition coefficient (Wildman–Crippen LogP) is 5.20. The van der Waals surface area contributed by atoms with Crippen LogP contribution in [-0.4, -0.2) is 35.1 Å². The zero-order chi connectivity index (χ0) is 22.7. The molecule has 0 spiro atoms. The number of hydrogen-bond donors (Lipinski definition) is 1. The maximum absolute atomic E-state index is 12.7. The van der Waals surface area contributed by atoms with Crippen LogP contribution in [0.15, 0.2) is 53.5 Å². The highest BCUT2D eigenvalue weighted by molar-refractivity contribution is 7.89. The van der Waals surface area contributed by atoms with E-state index in [0.29, 0.717) is 28.8 Å². The first kappa shape index (κ1) is 23.3. The first-order valence-electron chi connectivity index (χ1n) is 11.1. The van der Waals surface area contributed by atoms with Gasteiger partial charge in [-0.3, -0.25) is 9.00 Å². The number of anilines is 3. The normalized spacial score (nSPS) is 19.8. The lowest BCUT2D eigenvalue weighted by molar-refractivity contribution is -0.115. The molecule has 1 aromatic carbocycles. The second-order valence-corrected chi connectivity index (χ2v) is 10.4. The van der Waals surface area contributed by atoms with Crippen LogP contribution in [0.1, 0.15) is 47.0 Å². The summed E-state index contributed by atoms with van der Waals surface area (Å²) in [6.45, 7) is 12.1. The van der Waals surface area contributed by atoms with Crippen molar-refractivity contribution in [1.29, 1.82) is 0 Å². The summed E-state index contributed by atoms with van der Waals surface area (Å²) in [6.07, 6.45) is 8.59. The topological polar surface area (TPSA) is 52.7 Å². The van der Waals surface area contributed by atoms with Crippen LogP contribution in [0, 0.1) is 5.92 Å². The van der Waals surface area contributed by atoms with Gasteiger partial charge in [0, 0.05) is 29.4 Å². The van der Waals surface area contributed by atoms with E-state index in [1.165, 1.54) is 24.2 Å². The summed E-state index contributed by atoms with van der Waals surface area (Å²) in [6, 6.07) is 6.86. The van der Waals surface area contributed by atoms with Gasteiger partial charge in [0.1, 0.15) is 6.17 Å². The fourth-order valence-corrected chi connectivity index (χ4v) is 4.81. The molecule has 1 amide bonds. The molecule has 1 fully saturated rings. The molecule has 3 rings (SSSR count). The maximum atomic E-state index is 12.7. The molecule has 2 unspecified atom stereocenters. The number of nitrogens with zero attached hydrogens (tertiary/aromatic N) is 2. The third kappa shape index (κ3) is 5.29. The summed E-state index contributed by atoms with van der Waals surface area (Å²) in [5.41, 5.74) is 4.12. The molecular formula is C25H35N3O2S. The summed E-state index contributed by atoms with van der Waals surface area (Å²) in [5, 5.41) is 3.04. The van der Waals surface area contributed by atoms with E-state index < -0.39 is 10.8 Å². The van der Waals surface area contributed by atoms with Gasteiger partial charge in [-0.05, 0) is 55.5 Å². The Hall–Kier alpha value is -2.34. The minimum absolute atomic E-state index is 0.0694. The van der Waals surface area contributed by atoms with Gasteiger partial charge < -0.3 is 15.1 Å². The Morgan fingerprint density at radius 2 is 2.00 bits per heavy atom. The minimum Gasteiger partial charge on any atom is -0.352 e. The Balaban J connectivity index is 1.69. The van der Waals surface area contributed by atoms with Crippen molar-refractivity contribution < 1.29 is 9.00 Å². The lowest BCUT2D eigenvalue weighted by atomic mass is 10.1. The molecule has 1 aromatic rings. The molecule has 1 heterocycles. The van der Waals surface area contributed by atoms with Crippen LogP contribution in [0.4, 0.5) is 17.1 Å². The fraction of sp³-hybridized carbons (Fsp3) is 0.480. The van der Waals surface area contributed by atoms with Gasteiger partial charge >= 0.3 is 0 Å². The molecule has 1 aliphatic heterocycles. The highest BCUT2D eigenvalue weighted by Crippen LogP contribution is 2.47. The number of fused-ring (bicyclic) bond motifs is 1. The smallest absolute Gasteiger partial charge is 0.228 e. The lowest BCUT2D eigenvalue weighted by Gasteiger charge is -2.34. The van der Waals surface area contributed by atoms with Gasteiger partial charge in [-0.1, -0.05) is 39.5 Å². The summed E-state index contributed by atoms with van der Waals surface area (Å²) in [7, 11) is 1.08. The molecule has 31 heavy (non-hydrogen) atoms. The zero-order valence-electron chi connectivity index (χ0n) is 19.4. The van der Waals surface area contributed by atoms with Gasteiger partial charge in [-0.25, -0.2) is 0 Å². The highest BCUT2D eigenvalue weighted by Gasteiger charge is 2.43. The van der Waals surface area contributed by atoms with Crippen LogP contribution in [-0.2, 0) is 15.6 Å². The molecule has 1 aliphatic carbocycles. The van der Waals surface area contributed by atoms with E-state index in [4.69, 9.17) is 0 Å². The number of amides is 1. The van der Waals surface area contributed by atoms with Gasteiger partial charge in [-0.2, -0.15) is 0 Å². The third-order valence-electron chi connectivity index (χ3n) is 5.91. The number of hydrogen-bond acceptors (Lipinski definition) is 4. The van der Waals surface area contributed by atoms with Crippen molar-refractivity contribution in [2.24, 2.45) is 5.92 Å². The van der Waals surface area contributed by atoms with Crippen LogP contribution in [0.3, 0.4) is 0 Å². The molecule has 2 atom stereocenters. The van der Waals surface area contributed by atoms with E-state index in [0.717, 1.165) is 11.3 Å². The second kappa shape index (κ2) is 9.86. The van der Waals surface area contributed by atoms with Gasteiger partial charge in [0.2, 0.25) is 5.91 Å². The van der Waals surface area contributed by atoms with Gasteiger partial charge in [0.25, 0.3) is 0 Å². The van der Waals surface area contributed by atoms with Crippen molar-refractivity contribution in [2.75, 3.05) is 27.9 Å². The Labute approximate surface area is 189 Å². The first-order valence-corrected chi connectivity index (χ1v) is 12.4. The van der Waals surface area contributed by atoms with E-state index in [9.17, 15) is 9.00 Å². The Morgan fingerprint density at radius 1 is 1.29 bits per heavy atom. The van der Waals surface area contributed by atoms with Crippen molar-refractivity contribution in [3.8, 4) is 0 Å². The summed E-state index contributed by atoms with van der Waals surface area (Å²) >= 11 is 0. The molecule has 0 radical (unpaired) electrons. The molecule has 168 valence electrons. The Morgan fingerprint density at radius 3 is 2.58 bits per heavy atom. The number of carbonyl (C=O) groups is 1. The van der Waals surface area contributed by atoms with Crippen LogP contribution < -0.4 is 15.1 Å². The van der Waals surface area contributed by atoms with E-state index in [-0.39, 0.29) is 12.3 Å². The molecule has 2 aliphatic rings. The number of rotatable bonds is 9. The van der Waals surface area contributed by atoms with Crippen molar-refractivity contribution in [2.45, 2.75) is 59.2 Å². The standard InChI is InChI=1S/C25H35N3O2S/c1-7-19(10-9-18(5)31(30)8-2)15-24(29)26-20-11-14-22-23(16-20)27(6)25(17(3)4)28(22)21-12-13-21/h7,9-11,14,16-17,21,25H,5,8,12-13,15H2,1-4,6H3,(H,26,29)/b10-9-,19-7+. The van der Waals surface area contributed by atoms with Crippen LogP contribution >= 0.6 is 0 Å². The lowest BCUT2D eigenvalue weighted by Crippen LogP contribution is -2.46. The predicted molar refractivity (Wildman–Crippen MR) is 133 cm³/mol. The van der Waals surface area contributed by atoms with E-state index in [2.05, 4.69) is 54.7 Å². The quantitative estimate of drug-likeness (QED) is 0.535.